The van der Waals surface area contributed by atoms with Crippen molar-refractivity contribution in [2.24, 2.45) is 46.3 Å². The van der Waals surface area contributed by atoms with Crippen molar-refractivity contribution in [3.05, 3.63) is 11.6 Å². The average molecular weight is 435 g/mol. The lowest BCUT2D eigenvalue weighted by Crippen LogP contribution is -2.56. The monoisotopic (exact) mass is 434 g/mol. The molecule has 0 spiro atoms. The van der Waals surface area contributed by atoms with Crippen molar-refractivity contribution in [2.75, 3.05) is 0 Å². The van der Waals surface area contributed by atoms with Gasteiger partial charge in [0.15, 0.2) is 0 Å². The summed E-state index contributed by atoms with van der Waals surface area (Å²) >= 11 is 0. The molecule has 31 heavy (non-hydrogen) atoms. The van der Waals surface area contributed by atoms with E-state index < -0.39 is 12.2 Å². The molecule has 11 unspecified atom stereocenters. The quantitative estimate of drug-likeness (QED) is 0.486. The van der Waals surface area contributed by atoms with Gasteiger partial charge in [-0.1, -0.05) is 46.3 Å². The molecule has 4 aliphatic carbocycles. The highest BCUT2D eigenvalue weighted by Gasteiger charge is 2.63. The lowest BCUT2D eigenvalue weighted by Gasteiger charge is -2.59. The number of rotatable bonds is 5. The molecule has 4 nitrogen and oxygen atoms in total. The van der Waals surface area contributed by atoms with E-state index in [-0.39, 0.29) is 34.9 Å². The van der Waals surface area contributed by atoms with E-state index in [1.165, 1.54) is 5.57 Å². The summed E-state index contributed by atoms with van der Waals surface area (Å²) in [7, 11) is 0. The molecule has 0 heterocycles. The van der Waals surface area contributed by atoms with Crippen LogP contribution in [-0.4, -0.2) is 44.8 Å². The molecular weight excluding hydrogens is 388 g/mol. The Morgan fingerprint density at radius 3 is 2.42 bits per heavy atom. The van der Waals surface area contributed by atoms with Crippen molar-refractivity contribution in [2.45, 2.75) is 110 Å². The highest BCUT2D eigenvalue weighted by atomic mass is 16.3. The Balaban J connectivity index is 1.58. The van der Waals surface area contributed by atoms with Crippen LogP contribution in [0.3, 0.4) is 0 Å². The Morgan fingerprint density at radius 2 is 1.74 bits per heavy atom. The van der Waals surface area contributed by atoms with E-state index in [0.29, 0.717) is 36.5 Å². The van der Waals surface area contributed by atoms with E-state index in [4.69, 9.17) is 0 Å². The maximum absolute atomic E-state index is 11.2. The predicted molar refractivity (Wildman–Crippen MR) is 123 cm³/mol. The molecule has 4 heteroatoms. The molecule has 11 atom stereocenters. The van der Waals surface area contributed by atoms with Crippen molar-refractivity contribution in [3.8, 4) is 0 Å². The van der Waals surface area contributed by atoms with E-state index in [9.17, 15) is 20.4 Å². The Hall–Kier alpha value is -0.420. The van der Waals surface area contributed by atoms with Crippen LogP contribution < -0.4 is 0 Å². The van der Waals surface area contributed by atoms with Crippen LogP contribution in [0, 0.1) is 46.3 Å². The molecule has 0 saturated heterocycles. The second kappa shape index (κ2) is 8.42. The molecule has 4 N–H and O–H groups in total. The van der Waals surface area contributed by atoms with E-state index in [1.807, 2.05) is 0 Å². The molecule has 178 valence electrons. The molecule has 0 aromatic heterocycles. The molecular formula is C27H46O4. The topological polar surface area (TPSA) is 80.9 Å². The SMILES string of the molecule is CC(C)CCC(O)C(C)C1C(O)CC2C3CC=C4CC(O)CC(O)C4(C)C3CCC21C. The van der Waals surface area contributed by atoms with E-state index >= 15 is 0 Å². The van der Waals surface area contributed by atoms with E-state index in [1.54, 1.807) is 0 Å². The first-order valence-electron chi connectivity index (χ1n) is 12.9. The standard InChI is InChI=1S/C27H46O4/c1-15(2)6-9-22(29)16(3)25-23(30)14-21-19-8-7-17-12-18(28)13-24(31)27(17,5)20(19)10-11-26(21,25)4/h7,15-16,18-25,28-31H,6,8-14H2,1-5H3. The summed E-state index contributed by atoms with van der Waals surface area (Å²) in [5, 5.41) is 43.5. The zero-order chi connectivity index (χ0) is 22.7. The predicted octanol–water partition coefficient (Wildman–Crippen LogP) is 4.30. The number of hydrogen-bond acceptors (Lipinski definition) is 4. The normalized spacial score (nSPS) is 49.1. The van der Waals surface area contributed by atoms with E-state index in [0.717, 1.165) is 38.5 Å². The van der Waals surface area contributed by atoms with Crippen molar-refractivity contribution in [1.29, 1.82) is 0 Å². The highest BCUT2D eigenvalue weighted by molar-refractivity contribution is 5.28. The molecule has 4 rings (SSSR count). The molecule has 3 saturated carbocycles. The number of aliphatic hydroxyl groups is 4. The third kappa shape index (κ3) is 3.74. The van der Waals surface area contributed by atoms with Crippen molar-refractivity contribution in [1.82, 2.24) is 0 Å². The van der Waals surface area contributed by atoms with Gasteiger partial charge in [-0.15, -0.1) is 0 Å². The van der Waals surface area contributed by atoms with Crippen LogP contribution in [0.25, 0.3) is 0 Å². The molecule has 4 aliphatic rings. The van der Waals surface area contributed by atoms with Crippen LogP contribution >= 0.6 is 0 Å². The van der Waals surface area contributed by atoms with Gasteiger partial charge < -0.3 is 20.4 Å². The minimum atomic E-state index is -0.487. The van der Waals surface area contributed by atoms with Crippen LogP contribution in [0.5, 0.6) is 0 Å². The zero-order valence-electron chi connectivity index (χ0n) is 20.3. The highest BCUT2D eigenvalue weighted by Crippen LogP contribution is 2.67. The second-order valence-corrected chi connectivity index (χ2v) is 12.5. The first-order valence-corrected chi connectivity index (χ1v) is 12.9. The third-order valence-corrected chi connectivity index (χ3v) is 10.5. The fourth-order valence-corrected chi connectivity index (χ4v) is 8.71. The summed E-state index contributed by atoms with van der Waals surface area (Å²) < 4.78 is 0. The zero-order valence-corrected chi connectivity index (χ0v) is 20.3. The molecule has 3 fully saturated rings. The summed E-state index contributed by atoms with van der Waals surface area (Å²) in [6, 6.07) is 0. The summed E-state index contributed by atoms with van der Waals surface area (Å²) in [6.45, 7) is 11.2. The lowest BCUT2D eigenvalue weighted by molar-refractivity contribution is -0.113. The first-order chi connectivity index (χ1) is 14.5. The Morgan fingerprint density at radius 1 is 1.03 bits per heavy atom. The summed E-state index contributed by atoms with van der Waals surface area (Å²) in [5.74, 6) is 2.13. The number of fused-ring (bicyclic) bond motifs is 5. The lowest BCUT2D eigenvalue weighted by atomic mass is 9.46. The maximum Gasteiger partial charge on any atom is 0.0658 e. The summed E-state index contributed by atoms with van der Waals surface area (Å²) in [6.07, 6.45) is 7.65. The summed E-state index contributed by atoms with van der Waals surface area (Å²) in [5.41, 5.74) is 1.06. The fourth-order valence-electron chi connectivity index (χ4n) is 8.71. The van der Waals surface area contributed by atoms with Gasteiger partial charge in [-0.05, 0) is 85.9 Å². The van der Waals surface area contributed by atoms with Gasteiger partial charge in [-0.2, -0.15) is 0 Å². The molecule has 0 aromatic rings. The Bertz CT molecular complexity index is 689. The van der Waals surface area contributed by atoms with Crippen molar-refractivity contribution >= 4 is 0 Å². The van der Waals surface area contributed by atoms with Crippen LogP contribution in [0.1, 0.15) is 86.0 Å². The van der Waals surface area contributed by atoms with Gasteiger partial charge in [-0.25, -0.2) is 0 Å². The van der Waals surface area contributed by atoms with Crippen molar-refractivity contribution < 1.29 is 20.4 Å². The van der Waals surface area contributed by atoms with Gasteiger partial charge in [0, 0.05) is 11.8 Å². The second-order valence-electron chi connectivity index (χ2n) is 12.5. The van der Waals surface area contributed by atoms with Gasteiger partial charge in [0.2, 0.25) is 0 Å². The van der Waals surface area contributed by atoms with E-state index in [2.05, 4.69) is 40.7 Å². The van der Waals surface area contributed by atoms with Gasteiger partial charge in [0.05, 0.1) is 24.4 Å². The van der Waals surface area contributed by atoms with Crippen LogP contribution in [-0.2, 0) is 0 Å². The minimum Gasteiger partial charge on any atom is -0.393 e. The Kier molecular flexibility index (Phi) is 6.44. The molecule has 0 aromatic carbocycles. The largest absolute Gasteiger partial charge is 0.393 e. The van der Waals surface area contributed by atoms with Gasteiger partial charge in [-0.3, -0.25) is 0 Å². The third-order valence-electron chi connectivity index (χ3n) is 10.5. The van der Waals surface area contributed by atoms with Crippen molar-refractivity contribution in [3.63, 3.8) is 0 Å². The van der Waals surface area contributed by atoms with Crippen LogP contribution in [0.2, 0.25) is 0 Å². The minimum absolute atomic E-state index is 0.0413. The average Bonchev–Trinajstić information content (AvgIpc) is 2.96. The number of hydrogen-bond donors (Lipinski definition) is 4. The molecule has 0 amide bonds. The molecule has 0 radical (unpaired) electrons. The van der Waals surface area contributed by atoms with Gasteiger partial charge in [0.25, 0.3) is 0 Å². The summed E-state index contributed by atoms with van der Waals surface area (Å²) in [4.78, 5) is 0. The fraction of sp³-hybridized carbons (Fsp3) is 0.926. The maximum atomic E-state index is 11.2. The Labute approximate surface area is 189 Å². The first kappa shape index (κ1) is 23.7. The van der Waals surface area contributed by atoms with Crippen LogP contribution in [0.15, 0.2) is 11.6 Å². The molecule has 0 aliphatic heterocycles. The smallest absolute Gasteiger partial charge is 0.0658 e. The molecule has 0 bridgehead atoms. The van der Waals surface area contributed by atoms with Crippen LogP contribution in [0.4, 0.5) is 0 Å². The van der Waals surface area contributed by atoms with Gasteiger partial charge >= 0.3 is 0 Å². The number of aliphatic hydroxyl groups excluding tert-OH is 4. The number of allylic oxidation sites excluding steroid dienone is 1. The van der Waals surface area contributed by atoms with Gasteiger partial charge in [0.1, 0.15) is 0 Å².